The molecule has 3 rings (SSSR count). The maximum atomic E-state index is 11.3. The number of aromatic hydroxyl groups is 1. The molecule has 0 saturated heterocycles. The lowest BCUT2D eigenvalue weighted by Crippen LogP contribution is -2.00. The first kappa shape index (κ1) is 12.2. The van der Waals surface area contributed by atoms with Crippen LogP contribution in [0.2, 0.25) is 0 Å². The molecule has 0 unspecified atom stereocenters. The van der Waals surface area contributed by atoms with Gasteiger partial charge in [-0.05, 0) is 35.4 Å². The Bertz CT molecular complexity index is 812. The monoisotopic (exact) mass is 265 g/mol. The number of pyridine rings is 1. The van der Waals surface area contributed by atoms with Crippen molar-refractivity contribution in [2.75, 3.05) is 0 Å². The number of phenols is 1. The molecule has 1 heterocycles. The molecule has 3 aromatic rings. The van der Waals surface area contributed by atoms with Crippen molar-refractivity contribution in [3.63, 3.8) is 0 Å². The number of nitrogens with zero attached hydrogens (tertiary/aromatic N) is 1. The number of aromatic carboxylic acids is 1. The molecular weight excluding hydrogens is 254 g/mol. The van der Waals surface area contributed by atoms with Gasteiger partial charge in [-0.1, -0.05) is 24.3 Å². The second-order valence-electron chi connectivity index (χ2n) is 4.42. The standard InChI is InChI=1S/C16H11NO3/c18-14-5-1-4-12(15(14)16(19)20)10-6-7-13-11(9-10)3-2-8-17-13/h1-9,18H,(H,19,20). The Morgan fingerprint density at radius 1 is 1.05 bits per heavy atom. The zero-order valence-electron chi connectivity index (χ0n) is 10.4. The van der Waals surface area contributed by atoms with Crippen LogP contribution in [0.3, 0.4) is 0 Å². The fourth-order valence-corrected chi connectivity index (χ4v) is 2.25. The van der Waals surface area contributed by atoms with E-state index in [1.54, 1.807) is 24.4 Å². The lowest BCUT2D eigenvalue weighted by atomic mass is 9.97. The topological polar surface area (TPSA) is 70.4 Å². The average molecular weight is 265 g/mol. The van der Waals surface area contributed by atoms with Gasteiger partial charge < -0.3 is 10.2 Å². The van der Waals surface area contributed by atoms with Gasteiger partial charge in [0.2, 0.25) is 0 Å². The zero-order valence-corrected chi connectivity index (χ0v) is 10.4. The number of hydrogen-bond donors (Lipinski definition) is 2. The van der Waals surface area contributed by atoms with E-state index in [1.165, 1.54) is 6.07 Å². The summed E-state index contributed by atoms with van der Waals surface area (Å²) in [5.41, 5.74) is 1.98. The van der Waals surface area contributed by atoms with Gasteiger partial charge in [0.1, 0.15) is 11.3 Å². The van der Waals surface area contributed by atoms with Crippen molar-refractivity contribution >= 4 is 16.9 Å². The highest BCUT2D eigenvalue weighted by molar-refractivity contribution is 6.00. The normalized spacial score (nSPS) is 10.6. The third-order valence-corrected chi connectivity index (χ3v) is 3.17. The van der Waals surface area contributed by atoms with E-state index in [4.69, 9.17) is 0 Å². The highest BCUT2D eigenvalue weighted by Crippen LogP contribution is 2.31. The molecule has 0 atom stereocenters. The average Bonchev–Trinajstić information content (AvgIpc) is 2.46. The van der Waals surface area contributed by atoms with Crippen molar-refractivity contribution in [1.29, 1.82) is 0 Å². The van der Waals surface area contributed by atoms with E-state index in [1.807, 2.05) is 24.3 Å². The van der Waals surface area contributed by atoms with Crippen LogP contribution in [-0.2, 0) is 0 Å². The number of hydrogen-bond acceptors (Lipinski definition) is 3. The Kier molecular flexibility index (Phi) is 2.84. The SMILES string of the molecule is O=C(O)c1c(O)cccc1-c1ccc2ncccc2c1. The largest absolute Gasteiger partial charge is 0.507 e. The first-order valence-electron chi connectivity index (χ1n) is 6.07. The quantitative estimate of drug-likeness (QED) is 0.745. The molecule has 1 aromatic heterocycles. The number of carboxylic acid groups (broad SMARTS) is 1. The van der Waals surface area contributed by atoms with Crippen LogP contribution in [-0.4, -0.2) is 21.2 Å². The number of carbonyl (C=O) groups is 1. The first-order chi connectivity index (χ1) is 9.66. The van der Waals surface area contributed by atoms with Gasteiger partial charge in [0.05, 0.1) is 5.52 Å². The molecule has 0 aliphatic carbocycles. The third-order valence-electron chi connectivity index (χ3n) is 3.17. The van der Waals surface area contributed by atoms with Crippen molar-refractivity contribution in [2.45, 2.75) is 0 Å². The summed E-state index contributed by atoms with van der Waals surface area (Å²) < 4.78 is 0. The van der Waals surface area contributed by atoms with Gasteiger partial charge in [0.25, 0.3) is 0 Å². The predicted molar refractivity (Wildman–Crippen MR) is 75.8 cm³/mol. The number of carboxylic acids is 1. The Morgan fingerprint density at radius 2 is 1.90 bits per heavy atom. The van der Waals surface area contributed by atoms with E-state index in [9.17, 15) is 15.0 Å². The van der Waals surface area contributed by atoms with Gasteiger partial charge >= 0.3 is 5.97 Å². The molecule has 0 aliphatic heterocycles. The van der Waals surface area contributed by atoms with Crippen LogP contribution in [0.25, 0.3) is 22.0 Å². The summed E-state index contributed by atoms with van der Waals surface area (Å²) in [5.74, 6) is -1.38. The minimum Gasteiger partial charge on any atom is -0.507 e. The molecule has 0 aliphatic rings. The van der Waals surface area contributed by atoms with E-state index in [2.05, 4.69) is 4.98 Å². The molecule has 4 nitrogen and oxygen atoms in total. The van der Waals surface area contributed by atoms with Crippen LogP contribution < -0.4 is 0 Å². The van der Waals surface area contributed by atoms with Crippen molar-refractivity contribution in [3.05, 3.63) is 60.3 Å². The van der Waals surface area contributed by atoms with E-state index in [0.29, 0.717) is 5.56 Å². The van der Waals surface area contributed by atoms with E-state index >= 15 is 0 Å². The summed E-state index contributed by atoms with van der Waals surface area (Å²) >= 11 is 0. The smallest absolute Gasteiger partial charge is 0.340 e. The molecule has 98 valence electrons. The molecule has 2 N–H and O–H groups in total. The number of fused-ring (bicyclic) bond motifs is 1. The van der Waals surface area contributed by atoms with Crippen molar-refractivity contribution < 1.29 is 15.0 Å². The molecule has 0 bridgehead atoms. The maximum absolute atomic E-state index is 11.3. The predicted octanol–water partition coefficient (Wildman–Crippen LogP) is 3.31. The zero-order chi connectivity index (χ0) is 14.1. The lowest BCUT2D eigenvalue weighted by molar-refractivity contribution is 0.0694. The van der Waals surface area contributed by atoms with Gasteiger partial charge in [-0.25, -0.2) is 4.79 Å². The number of benzene rings is 2. The molecule has 0 spiro atoms. The molecule has 20 heavy (non-hydrogen) atoms. The summed E-state index contributed by atoms with van der Waals surface area (Å²) in [5, 5.41) is 19.9. The number of rotatable bonds is 2. The van der Waals surface area contributed by atoms with Gasteiger partial charge in [-0.15, -0.1) is 0 Å². The summed E-state index contributed by atoms with van der Waals surface area (Å²) in [4.78, 5) is 15.5. The summed E-state index contributed by atoms with van der Waals surface area (Å²) in [6, 6.07) is 13.9. The molecule has 4 heteroatoms. The molecule has 0 saturated carbocycles. The highest BCUT2D eigenvalue weighted by atomic mass is 16.4. The van der Waals surface area contributed by atoms with E-state index in [0.717, 1.165) is 16.5 Å². The summed E-state index contributed by atoms with van der Waals surface area (Å²) in [6.07, 6.45) is 1.71. The third kappa shape index (κ3) is 1.97. The maximum Gasteiger partial charge on any atom is 0.340 e. The molecule has 2 aromatic carbocycles. The highest BCUT2D eigenvalue weighted by Gasteiger charge is 2.16. The molecule has 0 radical (unpaired) electrons. The van der Waals surface area contributed by atoms with Crippen molar-refractivity contribution in [1.82, 2.24) is 4.98 Å². The Balaban J connectivity index is 2.25. The minimum atomic E-state index is -1.15. The van der Waals surface area contributed by atoms with Gasteiger partial charge in [0, 0.05) is 11.6 Å². The van der Waals surface area contributed by atoms with Crippen LogP contribution in [0, 0.1) is 0 Å². The lowest BCUT2D eigenvalue weighted by Gasteiger charge is -2.09. The Morgan fingerprint density at radius 3 is 2.70 bits per heavy atom. The fraction of sp³-hybridized carbons (Fsp3) is 0. The second-order valence-corrected chi connectivity index (χ2v) is 4.42. The first-order valence-corrected chi connectivity index (χ1v) is 6.07. The summed E-state index contributed by atoms with van der Waals surface area (Å²) in [6.45, 7) is 0. The van der Waals surface area contributed by atoms with Crippen LogP contribution in [0.5, 0.6) is 5.75 Å². The van der Waals surface area contributed by atoms with Crippen LogP contribution in [0.15, 0.2) is 54.7 Å². The van der Waals surface area contributed by atoms with Gasteiger partial charge in [-0.3, -0.25) is 4.98 Å². The van der Waals surface area contributed by atoms with Crippen LogP contribution in [0.1, 0.15) is 10.4 Å². The molecule has 0 fully saturated rings. The second kappa shape index (κ2) is 4.66. The van der Waals surface area contributed by atoms with E-state index in [-0.39, 0.29) is 11.3 Å². The van der Waals surface area contributed by atoms with Crippen molar-refractivity contribution in [3.8, 4) is 16.9 Å². The van der Waals surface area contributed by atoms with Gasteiger partial charge in [0.15, 0.2) is 0 Å². The fourth-order valence-electron chi connectivity index (χ4n) is 2.25. The molecule has 0 amide bonds. The number of aromatic nitrogens is 1. The Labute approximate surface area is 115 Å². The van der Waals surface area contributed by atoms with Crippen molar-refractivity contribution in [2.24, 2.45) is 0 Å². The van der Waals surface area contributed by atoms with E-state index < -0.39 is 5.97 Å². The van der Waals surface area contributed by atoms with Crippen LogP contribution in [0.4, 0.5) is 0 Å². The molecular formula is C16H11NO3. The minimum absolute atomic E-state index is 0.0873. The van der Waals surface area contributed by atoms with Crippen LogP contribution >= 0.6 is 0 Å². The Hall–Kier alpha value is -2.88. The summed E-state index contributed by atoms with van der Waals surface area (Å²) in [7, 11) is 0. The van der Waals surface area contributed by atoms with Gasteiger partial charge in [-0.2, -0.15) is 0 Å².